The molecule has 2 aromatic carbocycles. The zero-order chi connectivity index (χ0) is 21.1. The van der Waals surface area contributed by atoms with Gasteiger partial charge in [-0.15, -0.1) is 0 Å². The third-order valence-corrected chi connectivity index (χ3v) is 5.30. The van der Waals surface area contributed by atoms with Crippen LogP contribution in [-0.2, 0) is 14.3 Å². The van der Waals surface area contributed by atoms with Gasteiger partial charge in [-0.2, -0.15) is 10.5 Å². The van der Waals surface area contributed by atoms with Crippen molar-refractivity contribution in [2.75, 3.05) is 6.61 Å². The fourth-order valence-corrected chi connectivity index (χ4v) is 3.57. The first-order chi connectivity index (χ1) is 13.9. The molecule has 0 aromatic heterocycles. The first kappa shape index (κ1) is 20.4. The van der Waals surface area contributed by atoms with E-state index in [4.69, 9.17) is 14.2 Å². The third kappa shape index (κ3) is 3.55. The molecule has 1 saturated carbocycles. The summed E-state index contributed by atoms with van der Waals surface area (Å²) in [7, 11) is 0. The molecule has 0 aliphatic heterocycles. The predicted molar refractivity (Wildman–Crippen MR) is 105 cm³/mol. The molecule has 0 spiro atoms. The maximum absolute atomic E-state index is 12.9. The van der Waals surface area contributed by atoms with Crippen molar-refractivity contribution in [3.05, 3.63) is 60.2 Å². The lowest BCUT2D eigenvalue weighted by atomic mass is 9.97. The van der Waals surface area contributed by atoms with E-state index in [1.807, 2.05) is 36.4 Å². The van der Waals surface area contributed by atoms with Crippen LogP contribution in [0.4, 0.5) is 0 Å². The van der Waals surface area contributed by atoms with Gasteiger partial charge in [0.1, 0.15) is 17.6 Å². The van der Waals surface area contributed by atoms with Gasteiger partial charge in [-0.1, -0.05) is 44.2 Å². The Hall–Kier alpha value is -3.35. The fraction of sp³-hybridized carbons (Fsp3) is 0.348. The Bertz CT molecular complexity index is 974. The lowest BCUT2D eigenvalue weighted by Crippen LogP contribution is -2.26. The first-order valence-corrected chi connectivity index (χ1v) is 9.37. The second-order valence-corrected chi connectivity index (χ2v) is 7.38. The van der Waals surface area contributed by atoms with Gasteiger partial charge < -0.3 is 14.2 Å². The van der Waals surface area contributed by atoms with Crippen LogP contribution in [0.15, 0.2) is 54.6 Å². The quantitative estimate of drug-likeness (QED) is 0.644. The molecule has 3 atom stereocenters. The van der Waals surface area contributed by atoms with Gasteiger partial charge in [-0.3, -0.25) is 4.79 Å². The Morgan fingerprint density at radius 1 is 1.10 bits per heavy atom. The van der Waals surface area contributed by atoms with E-state index in [0.717, 1.165) is 0 Å². The lowest BCUT2D eigenvalue weighted by Gasteiger charge is -2.16. The summed E-state index contributed by atoms with van der Waals surface area (Å²) < 4.78 is 16.8. The summed E-state index contributed by atoms with van der Waals surface area (Å²) in [5.41, 5.74) is -1.64. The molecule has 1 aliphatic rings. The van der Waals surface area contributed by atoms with Gasteiger partial charge in [0.15, 0.2) is 5.41 Å². The number of hydrogen-bond acceptors (Lipinski definition) is 6. The van der Waals surface area contributed by atoms with E-state index in [1.165, 1.54) is 0 Å². The number of para-hydroxylation sites is 1. The Morgan fingerprint density at radius 3 is 2.41 bits per heavy atom. The van der Waals surface area contributed by atoms with Crippen LogP contribution in [0.5, 0.6) is 11.5 Å². The van der Waals surface area contributed by atoms with Crippen molar-refractivity contribution in [3.8, 4) is 23.6 Å². The van der Waals surface area contributed by atoms with Gasteiger partial charge in [0.2, 0.25) is 6.10 Å². The van der Waals surface area contributed by atoms with E-state index in [1.54, 1.807) is 45.0 Å². The Balaban J connectivity index is 1.79. The molecular formula is C23H22N2O4. The van der Waals surface area contributed by atoms with Gasteiger partial charge in [-0.05, 0) is 31.2 Å². The lowest BCUT2D eigenvalue weighted by molar-refractivity contribution is -0.153. The number of benzene rings is 2. The number of carbonyl (C=O) groups excluding carboxylic acids is 1. The van der Waals surface area contributed by atoms with E-state index in [-0.39, 0.29) is 0 Å². The Morgan fingerprint density at radius 2 is 1.79 bits per heavy atom. The number of hydrogen-bond donors (Lipinski definition) is 0. The van der Waals surface area contributed by atoms with Gasteiger partial charge in [0.25, 0.3) is 0 Å². The topological polar surface area (TPSA) is 92.3 Å². The normalized spacial score (nSPS) is 22.6. The molecule has 2 aromatic rings. The molecule has 0 heterocycles. The van der Waals surface area contributed by atoms with Gasteiger partial charge in [0, 0.05) is 17.6 Å². The summed E-state index contributed by atoms with van der Waals surface area (Å²) in [6.07, 6.45) is -1.73. The van der Waals surface area contributed by atoms with Crippen LogP contribution < -0.4 is 4.74 Å². The van der Waals surface area contributed by atoms with Crippen LogP contribution in [0.1, 0.15) is 32.4 Å². The zero-order valence-corrected chi connectivity index (χ0v) is 16.6. The molecule has 3 unspecified atom stereocenters. The monoisotopic (exact) mass is 390 g/mol. The molecule has 6 heteroatoms. The predicted octanol–water partition coefficient (Wildman–Crippen LogP) is 4.54. The second kappa shape index (κ2) is 7.95. The number of nitriles is 2. The number of ether oxygens (including phenoxy) is 3. The van der Waals surface area contributed by atoms with Gasteiger partial charge >= 0.3 is 5.97 Å². The van der Waals surface area contributed by atoms with E-state index < -0.39 is 29.0 Å². The zero-order valence-electron chi connectivity index (χ0n) is 16.6. The van der Waals surface area contributed by atoms with Crippen LogP contribution in [0.2, 0.25) is 0 Å². The average Bonchev–Trinajstić information content (AvgIpc) is 3.21. The maximum atomic E-state index is 12.9. The number of rotatable bonds is 7. The minimum Gasteiger partial charge on any atom is -0.457 e. The number of carbonyl (C=O) groups is 1. The van der Waals surface area contributed by atoms with Crippen LogP contribution in [0, 0.1) is 33.5 Å². The fourth-order valence-electron chi connectivity index (χ4n) is 3.57. The van der Waals surface area contributed by atoms with Crippen LogP contribution in [0.25, 0.3) is 0 Å². The summed E-state index contributed by atoms with van der Waals surface area (Å²) in [5, 5.41) is 19.3. The molecule has 0 N–H and O–H groups in total. The van der Waals surface area contributed by atoms with Crippen LogP contribution >= 0.6 is 0 Å². The molecule has 3 rings (SSSR count). The molecule has 148 valence electrons. The minimum absolute atomic E-state index is 0.380. The summed E-state index contributed by atoms with van der Waals surface area (Å²) in [6, 6.07) is 20.1. The highest BCUT2D eigenvalue weighted by Crippen LogP contribution is 2.65. The minimum atomic E-state index is -1.42. The van der Waals surface area contributed by atoms with Crippen molar-refractivity contribution < 1.29 is 19.0 Å². The Labute approximate surface area is 170 Å². The summed E-state index contributed by atoms with van der Waals surface area (Å²) in [4.78, 5) is 12.9. The number of esters is 1. The SMILES string of the molecule is CCOC1C(C)(C)C1(C#N)C(=O)OC(C#N)c1cccc(Oc2ccccc2)c1. The summed E-state index contributed by atoms with van der Waals surface area (Å²) in [5.74, 6) is 0.418. The van der Waals surface area contributed by atoms with Crippen molar-refractivity contribution in [2.24, 2.45) is 10.8 Å². The van der Waals surface area contributed by atoms with E-state index >= 15 is 0 Å². The Kier molecular flexibility index (Phi) is 5.59. The van der Waals surface area contributed by atoms with E-state index in [0.29, 0.717) is 23.7 Å². The molecule has 29 heavy (non-hydrogen) atoms. The average molecular weight is 390 g/mol. The first-order valence-electron chi connectivity index (χ1n) is 9.37. The van der Waals surface area contributed by atoms with E-state index in [9.17, 15) is 15.3 Å². The highest BCUT2D eigenvalue weighted by molar-refractivity contribution is 5.87. The molecule has 0 radical (unpaired) electrons. The highest BCUT2D eigenvalue weighted by atomic mass is 16.6. The molecule has 0 amide bonds. The van der Waals surface area contributed by atoms with E-state index in [2.05, 4.69) is 6.07 Å². The standard InChI is InChI=1S/C23H22N2O4/c1-4-27-20-22(2,3)23(20,15-25)21(26)29-19(14-24)16-9-8-12-18(13-16)28-17-10-6-5-7-11-17/h5-13,19-20H,4H2,1-3H3. The van der Waals surface area contributed by atoms with Gasteiger partial charge in [0.05, 0.1) is 12.2 Å². The summed E-state index contributed by atoms with van der Waals surface area (Å²) >= 11 is 0. The molecule has 0 saturated heterocycles. The smallest absolute Gasteiger partial charge is 0.331 e. The van der Waals surface area contributed by atoms with Crippen molar-refractivity contribution in [3.63, 3.8) is 0 Å². The number of nitrogens with zero attached hydrogens (tertiary/aromatic N) is 2. The largest absolute Gasteiger partial charge is 0.457 e. The van der Waals surface area contributed by atoms with Crippen molar-refractivity contribution in [2.45, 2.75) is 33.0 Å². The molecule has 0 bridgehead atoms. The molecule has 1 aliphatic carbocycles. The third-order valence-electron chi connectivity index (χ3n) is 5.30. The van der Waals surface area contributed by atoms with Crippen LogP contribution in [-0.4, -0.2) is 18.7 Å². The van der Waals surface area contributed by atoms with Crippen molar-refractivity contribution in [1.82, 2.24) is 0 Å². The molecule has 6 nitrogen and oxygen atoms in total. The highest BCUT2D eigenvalue weighted by Gasteiger charge is 2.79. The summed E-state index contributed by atoms with van der Waals surface area (Å²) in [6.45, 7) is 5.75. The van der Waals surface area contributed by atoms with Crippen molar-refractivity contribution in [1.29, 1.82) is 10.5 Å². The van der Waals surface area contributed by atoms with Crippen LogP contribution in [0.3, 0.4) is 0 Å². The molecule has 1 fully saturated rings. The molecular weight excluding hydrogens is 368 g/mol. The van der Waals surface area contributed by atoms with Crippen molar-refractivity contribution >= 4 is 5.97 Å². The maximum Gasteiger partial charge on any atom is 0.331 e. The second-order valence-electron chi connectivity index (χ2n) is 7.38. The van der Waals surface area contributed by atoms with Gasteiger partial charge in [-0.25, -0.2) is 0 Å².